The number of pyridine rings is 1. The lowest BCUT2D eigenvalue weighted by molar-refractivity contribution is 0.0642. The average Bonchev–Trinajstić information content (AvgIpc) is 3.18. The Morgan fingerprint density at radius 3 is 2.27 bits per heavy atom. The maximum absolute atomic E-state index is 13.0. The summed E-state index contributed by atoms with van der Waals surface area (Å²) in [5.41, 5.74) is 3.89. The molecule has 7 heteroatoms. The van der Waals surface area contributed by atoms with Crippen molar-refractivity contribution in [3.05, 3.63) is 131 Å². The van der Waals surface area contributed by atoms with Crippen molar-refractivity contribution in [2.45, 2.75) is 26.1 Å². The molecule has 0 bridgehead atoms. The van der Waals surface area contributed by atoms with Crippen molar-refractivity contribution in [3.63, 3.8) is 0 Å². The second-order valence-electron chi connectivity index (χ2n) is 8.86. The van der Waals surface area contributed by atoms with E-state index in [1.54, 1.807) is 60.9 Å². The van der Waals surface area contributed by atoms with Crippen LogP contribution >= 0.6 is 0 Å². The average molecular weight is 492 g/mol. The number of amides is 3. The first-order valence-electron chi connectivity index (χ1n) is 12.0. The predicted molar refractivity (Wildman–Crippen MR) is 138 cm³/mol. The highest BCUT2D eigenvalue weighted by molar-refractivity contribution is 6.21. The summed E-state index contributed by atoms with van der Waals surface area (Å²) in [4.78, 5) is 43.6. The van der Waals surface area contributed by atoms with Crippen LogP contribution in [0.15, 0.2) is 97.3 Å². The molecule has 2 heterocycles. The number of hydrogen-bond acceptors (Lipinski definition) is 5. The lowest BCUT2D eigenvalue weighted by Gasteiger charge is -2.17. The quantitative estimate of drug-likeness (QED) is 0.353. The molecule has 1 N–H and O–H groups in total. The van der Waals surface area contributed by atoms with Crippen LogP contribution in [-0.2, 0) is 13.2 Å². The number of benzene rings is 3. The van der Waals surface area contributed by atoms with Gasteiger partial charge in [0.1, 0.15) is 12.4 Å². The van der Waals surface area contributed by atoms with E-state index in [1.807, 2.05) is 43.3 Å². The van der Waals surface area contributed by atoms with Crippen molar-refractivity contribution in [2.75, 3.05) is 0 Å². The van der Waals surface area contributed by atoms with Gasteiger partial charge in [-0.15, -0.1) is 0 Å². The van der Waals surface area contributed by atoms with Gasteiger partial charge in [0.25, 0.3) is 17.7 Å². The molecule has 3 amide bonds. The van der Waals surface area contributed by atoms with Gasteiger partial charge in [-0.3, -0.25) is 24.3 Å². The highest BCUT2D eigenvalue weighted by Crippen LogP contribution is 2.25. The first-order valence-corrected chi connectivity index (χ1v) is 12.0. The molecule has 1 aromatic heterocycles. The molecule has 0 radical (unpaired) electrons. The number of nitrogens with zero attached hydrogens (tertiary/aromatic N) is 2. The maximum atomic E-state index is 13.0. The Bertz CT molecular complexity index is 1420. The molecule has 1 aliphatic heterocycles. The molecule has 0 saturated carbocycles. The summed E-state index contributed by atoms with van der Waals surface area (Å²) in [5.74, 6) is -0.158. The minimum absolute atomic E-state index is 0.101. The SMILES string of the molecule is CC(NC(=O)c1cccc(CN2C(=O)c3ccccc3C2=O)c1)c1ccc(OCc2cccnc2)cc1. The zero-order chi connectivity index (χ0) is 25.8. The lowest BCUT2D eigenvalue weighted by Crippen LogP contribution is -2.29. The van der Waals surface area contributed by atoms with Gasteiger partial charge < -0.3 is 10.1 Å². The number of aromatic nitrogens is 1. The Balaban J connectivity index is 1.20. The van der Waals surface area contributed by atoms with Crippen LogP contribution in [0, 0.1) is 0 Å². The second kappa shape index (κ2) is 10.5. The third-order valence-corrected chi connectivity index (χ3v) is 6.26. The Labute approximate surface area is 214 Å². The topological polar surface area (TPSA) is 88.6 Å². The number of carbonyl (C=O) groups excluding carboxylic acids is 3. The first kappa shape index (κ1) is 23.9. The summed E-state index contributed by atoms with van der Waals surface area (Å²) in [5, 5.41) is 3.01. The molecule has 0 saturated heterocycles. The third-order valence-electron chi connectivity index (χ3n) is 6.26. The van der Waals surface area contributed by atoms with Crippen molar-refractivity contribution in [2.24, 2.45) is 0 Å². The van der Waals surface area contributed by atoms with Crippen LogP contribution in [0.2, 0.25) is 0 Å². The van der Waals surface area contributed by atoms with E-state index in [0.29, 0.717) is 28.9 Å². The fourth-order valence-corrected chi connectivity index (χ4v) is 4.24. The van der Waals surface area contributed by atoms with E-state index in [2.05, 4.69) is 10.3 Å². The van der Waals surface area contributed by atoms with Crippen LogP contribution < -0.4 is 10.1 Å². The Morgan fingerprint density at radius 1 is 0.892 bits per heavy atom. The summed E-state index contributed by atoms with van der Waals surface area (Å²) in [6, 6.07) is 24.9. The molecule has 37 heavy (non-hydrogen) atoms. The summed E-state index contributed by atoms with van der Waals surface area (Å²) >= 11 is 0. The number of carbonyl (C=O) groups is 3. The monoisotopic (exact) mass is 491 g/mol. The Kier molecular flexibility index (Phi) is 6.76. The summed E-state index contributed by atoms with van der Waals surface area (Å²) in [6.07, 6.45) is 3.49. The number of nitrogens with one attached hydrogen (secondary N) is 1. The van der Waals surface area contributed by atoms with Crippen LogP contribution in [-0.4, -0.2) is 27.6 Å². The van der Waals surface area contributed by atoms with Crippen LogP contribution in [0.25, 0.3) is 0 Å². The molecule has 4 aromatic rings. The van der Waals surface area contributed by atoms with E-state index in [9.17, 15) is 14.4 Å². The summed E-state index contributed by atoms with van der Waals surface area (Å²) < 4.78 is 5.80. The fraction of sp³-hybridized carbons (Fsp3) is 0.133. The molecule has 7 nitrogen and oxygen atoms in total. The largest absolute Gasteiger partial charge is 0.489 e. The van der Waals surface area contributed by atoms with Crippen molar-refractivity contribution in [3.8, 4) is 5.75 Å². The molecule has 1 atom stereocenters. The van der Waals surface area contributed by atoms with Gasteiger partial charge in [0.2, 0.25) is 0 Å². The van der Waals surface area contributed by atoms with E-state index in [4.69, 9.17) is 4.74 Å². The van der Waals surface area contributed by atoms with E-state index < -0.39 is 0 Å². The van der Waals surface area contributed by atoms with E-state index in [0.717, 1.165) is 16.9 Å². The van der Waals surface area contributed by atoms with Gasteiger partial charge in [0.15, 0.2) is 0 Å². The number of fused-ring (bicyclic) bond motifs is 1. The first-order chi connectivity index (χ1) is 18.0. The van der Waals surface area contributed by atoms with Gasteiger partial charge in [-0.25, -0.2) is 0 Å². The van der Waals surface area contributed by atoms with Crippen molar-refractivity contribution in [1.82, 2.24) is 15.2 Å². The highest BCUT2D eigenvalue weighted by atomic mass is 16.5. The van der Waals surface area contributed by atoms with E-state index in [-0.39, 0.29) is 30.3 Å². The minimum atomic E-state index is -0.322. The zero-order valence-corrected chi connectivity index (χ0v) is 20.3. The van der Waals surface area contributed by atoms with Gasteiger partial charge in [0, 0.05) is 23.5 Å². The van der Waals surface area contributed by atoms with Crippen molar-refractivity contribution >= 4 is 17.7 Å². The van der Waals surface area contributed by atoms with Gasteiger partial charge in [-0.1, -0.05) is 42.5 Å². The standard InChI is InChI=1S/C30H25N3O4/c1-20(23-11-13-25(14-12-23)37-19-22-7-5-15-31-17-22)32-28(34)24-8-4-6-21(16-24)18-33-29(35)26-9-2-3-10-27(26)30(33)36/h2-17,20H,18-19H2,1H3,(H,32,34). The van der Waals surface area contributed by atoms with Crippen LogP contribution in [0.1, 0.15) is 60.7 Å². The van der Waals surface area contributed by atoms with Gasteiger partial charge >= 0.3 is 0 Å². The Morgan fingerprint density at radius 2 is 1.59 bits per heavy atom. The molecule has 184 valence electrons. The molecule has 1 unspecified atom stereocenters. The maximum Gasteiger partial charge on any atom is 0.261 e. The second-order valence-corrected chi connectivity index (χ2v) is 8.86. The van der Waals surface area contributed by atoms with E-state index in [1.165, 1.54) is 4.90 Å². The number of rotatable bonds is 8. The van der Waals surface area contributed by atoms with Crippen LogP contribution in [0.3, 0.4) is 0 Å². The number of imide groups is 1. The lowest BCUT2D eigenvalue weighted by atomic mass is 10.1. The molecule has 0 fully saturated rings. The molecular formula is C30H25N3O4. The number of ether oxygens (including phenoxy) is 1. The van der Waals surface area contributed by atoms with E-state index >= 15 is 0 Å². The summed E-state index contributed by atoms with van der Waals surface area (Å²) in [7, 11) is 0. The summed E-state index contributed by atoms with van der Waals surface area (Å²) in [6.45, 7) is 2.44. The Hall–Kier alpha value is -4.78. The zero-order valence-electron chi connectivity index (χ0n) is 20.3. The molecule has 0 aliphatic carbocycles. The fourth-order valence-electron chi connectivity index (χ4n) is 4.24. The minimum Gasteiger partial charge on any atom is -0.489 e. The van der Waals surface area contributed by atoms with Gasteiger partial charge in [0.05, 0.1) is 23.7 Å². The van der Waals surface area contributed by atoms with Gasteiger partial charge in [-0.05, 0) is 60.5 Å². The van der Waals surface area contributed by atoms with Crippen LogP contribution in [0.5, 0.6) is 5.75 Å². The highest BCUT2D eigenvalue weighted by Gasteiger charge is 2.35. The third kappa shape index (κ3) is 5.26. The molecule has 5 rings (SSSR count). The normalized spacial score (nSPS) is 13.3. The number of hydrogen-bond donors (Lipinski definition) is 1. The van der Waals surface area contributed by atoms with Crippen molar-refractivity contribution < 1.29 is 19.1 Å². The van der Waals surface area contributed by atoms with Crippen LogP contribution in [0.4, 0.5) is 0 Å². The molecule has 1 aliphatic rings. The molecular weight excluding hydrogens is 466 g/mol. The molecule has 3 aromatic carbocycles. The smallest absolute Gasteiger partial charge is 0.261 e. The van der Waals surface area contributed by atoms with Crippen molar-refractivity contribution in [1.29, 1.82) is 0 Å². The van der Waals surface area contributed by atoms with Gasteiger partial charge in [-0.2, -0.15) is 0 Å². The predicted octanol–water partition coefficient (Wildman–Crippen LogP) is 4.95. The molecule has 0 spiro atoms.